The summed E-state index contributed by atoms with van der Waals surface area (Å²) in [5.41, 5.74) is 3.87. The van der Waals surface area contributed by atoms with Crippen LogP contribution < -0.4 is 5.32 Å². The van der Waals surface area contributed by atoms with Gasteiger partial charge >= 0.3 is 0 Å². The van der Waals surface area contributed by atoms with Crippen molar-refractivity contribution in [2.24, 2.45) is 5.92 Å². The summed E-state index contributed by atoms with van der Waals surface area (Å²) in [6.45, 7) is 5.21. The molecule has 0 spiro atoms. The van der Waals surface area contributed by atoms with Crippen molar-refractivity contribution in [3.8, 4) is 0 Å². The van der Waals surface area contributed by atoms with Crippen LogP contribution in [0.5, 0.6) is 0 Å². The first kappa shape index (κ1) is 14.6. The molecule has 1 fully saturated rings. The summed E-state index contributed by atoms with van der Waals surface area (Å²) in [6.07, 6.45) is 1.24. The predicted molar refractivity (Wildman–Crippen MR) is 89.9 cm³/mol. The van der Waals surface area contributed by atoms with Crippen molar-refractivity contribution < 1.29 is 0 Å². The van der Waals surface area contributed by atoms with E-state index in [0.29, 0.717) is 17.9 Å². The van der Waals surface area contributed by atoms with Crippen LogP contribution in [0.2, 0.25) is 5.02 Å². The van der Waals surface area contributed by atoms with E-state index < -0.39 is 0 Å². The summed E-state index contributed by atoms with van der Waals surface area (Å²) in [5.74, 6) is 1.30. The lowest BCUT2D eigenvalue weighted by molar-refractivity contribution is 0.487. The lowest BCUT2D eigenvalue weighted by Gasteiger charge is -2.21. The zero-order valence-corrected chi connectivity index (χ0v) is 13.4. The van der Waals surface area contributed by atoms with Gasteiger partial charge < -0.3 is 5.32 Å². The zero-order chi connectivity index (χ0) is 14.8. The molecular formula is C19H22ClN. The van der Waals surface area contributed by atoms with Crippen molar-refractivity contribution in [3.63, 3.8) is 0 Å². The highest BCUT2D eigenvalue weighted by Gasteiger charge is 2.44. The number of nitrogens with one attached hydrogen (secondary N) is 1. The summed E-state index contributed by atoms with van der Waals surface area (Å²) in [7, 11) is 0. The largest absolute Gasteiger partial charge is 0.310 e. The molecule has 0 radical (unpaired) electrons. The molecule has 0 amide bonds. The molecule has 1 N–H and O–H groups in total. The van der Waals surface area contributed by atoms with E-state index in [2.05, 4.69) is 67.7 Å². The molecule has 1 aliphatic rings. The van der Waals surface area contributed by atoms with Gasteiger partial charge in [0, 0.05) is 11.1 Å². The van der Waals surface area contributed by atoms with E-state index in [1.54, 1.807) is 0 Å². The van der Waals surface area contributed by atoms with Crippen LogP contribution >= 0.6 is 11.6 Å². The monoisotopic (exact) mass is 299 g/mol. The molecule has 110 valence electrons. The molecule has 0 bridgehead atoms. The van der Waals surface area contributed by atoms with E-state index in [1.165, 1.54) is 17.5 Å². The molecule has 21 heavy (non-hydrogen) atoms. The fourth-order valence-corrected chi connectivity index (χ4v) is 3.53. The molecule has 2 aromatic carbocycles. The topological polar surface area (TPSA) is 12.0 Å². The van der Waals surface area contributed by atoms with Crippen LogP contribution in [0.15, 0.2) is 48.5 Å². The number of hydrogen-bond donors (Lipinski definition) is 1. The van der Waals surface area contributed by atoms with E-state index in [0.717, 1.165) is 17.1 Å². The van der Waals surface area contributed by atoms with Gasteiger partial charge in [0.25, 0.3) is 0 Å². The van der Waals surface area contributed by atoms with Crippen molar-refractivity contribution in [2.75, 3.05) is 6.54 Å². The Morgan fingerprint density at radius 3 is 2.62 bits per heavy atom. The van der Waals surface area contributed by atoms with E-state index in [1.807, 2.05) is 0 Å². The third-order valence-electron chi connectivity index (χ3n) is 4.48. The molecule has 3 rings (SSSR count). The fourth-order valence-electron chi connectivity index (χ4n) is 3.29. The van der Waals surface area contributed by atoms with Crippen molar-refractivity contribution in [1.29, 1.82) is 0 Å². The molecule has 1 aliphatic carbocycles. The van der Waals surface area contributed by atoms with Crippen LogP contribution in [0.3, 0.4) is 0 Å². The number of benzene rings is 2. The maximum Gasteiger partial charge on any atom is 0.0483 e. The molecule has 0 aromatic heterocycles. The van der Waals surface area contributed by atoms with Crippen molar-refractivity contribution >= 4 is 11.6 Å². The molecule has 3 atom stereocenters. The van der Waals surface area contributed by atoms with Crippen LogP contribution in [0, 0.1) is 12.8 Å². The second-order valence-electron chi connectivity index (χ2n) is 5.93. The average Bonchev–Trinajstić information content (AvgIpc) is 3.29. The van der Waals surface area contributed by atoms with Gasteiger partial charge in [-0.2, -0.15) is 0 Å². The van der Waals surface area contributed by atoms with Crippen LogP contribution in [0.1, 0.15) is 42.0 Å². The Labute approximate surface area is 132 Å². The van der Waals surface area contributed by atoms with Gasteiger partial charge in [0.1, 0.15) is 0 Å². The van der Waals surface area contributed by atoms with Gasteiger partial charge in [-0.05, 0) is 48.4 Å². The van der Waals surface area contributed by atoms with Crippen LogP contribution in [-0.4, -0.2) is 6.54 Å². The normalized spacial score (nSPS) is 22.0. The van der Waals surface area contributed by atoms with E-state index >= 15 is 0 Å². The Morgan fingerprint density at radius 2 is 1.90 bits per heavy atom. The molecular weight excluding hydrogens is 278 g/mol. The minimum atomic E-state index is 0.354. The van der Waals surface area contributed by atoms with Gasteiger partial charge in [0.2, 0.25) is 0 Å². The molecule has 3 unspecified atom stereocenters. The van der Waals surface area contributed by atoms with Gasteiger partial charge in [-0.3, -0.25) is 0 Å². The average molecular weight is 300 g/mol. The lowest BCUT2D eigenvalue weighted by atomic mass is 9.97. The highest BCUT2D eigenvalue weighted by Crippen LogP contribution is 2.54. The fraction of sp³-hybridized carbons (Fsp3) is 0.368. The van der Waals surface area contributed by atoms with Gasteiger partial charge in [-0.1, -0.05) is 67.1 Å². The first-order valence-corrected chi connectivity index (χ1v) is 8.13. The molecule has 0 saturated heterocycles. The number of rotatable bonds is 5. The maximum absolute atomic E-state index is 6.55. The lowest BCUT2D eigenvalue weighted by Crippen LogP contribution is -2.23. The predicted octanol–water partition coefficient (Wildman–Crippen LogP) is 5.10. The summed E-state index contributed by atoms with van der Waals surface area (Å²) in [4.78, 5) is 0. The second kappa shape index (κ2) is 6.21. The number of halogens is 1. The second-order valence-corrected chi connectivity index (χ2v) is 6.31. The third-order valence-corrected chi connectivity index (χ3v) is 4.99. The van der Waals surface area contributed by atoms with Gasteiger partial charge in [0.15, 0.2) is 0 Å². The summed E-state index contributed by atoms with van der Waals surface area (Å²) < 4.78 is 0. The Hall–Kier alpha value is -1.31. The van der Waals surface area contributed by atoms with E-state index in [-0.39, 0.29) is 0 Å². The molecule has 1 nitrogen and oxygen atoms in total. The number of hydrogen-bond acceptors (Lipinski definition) is 1. The van der Waals surface area contributed by atoms with Crippen molar-refractivity contribution in [2.45, 2.75) is 32.2 Å². The maximum atomic E-state index is 6.55. The van der Waals surface area contributed by atoms with Crippen LogP contribution in [-0.2, 0) is 0 Å². The molecule has 1 saturated carbocycles. The molecule has 2 aromatic rings. The first-order chi connectivity index (χ1) is 10.2. The standard InChI is InChI=1S/C19H22ClN/c1-3-21-19(15-11-7-8-13(2)18(15)20)17-12-16(17)14-9-5-4-6-10-14/h4-11,16-17,19,21H,3,12H2,1-2H3. The highest BCUT2D eigenvalue weighted by molar-refractivity contribution is 6.32. The third kappa shape index (κ3) is 3.00. The Morgan fingerprint density at radius 1 is 1.14 bits per heavy atom. The van der Waals surface area contributed by atoms with Gasteiger partial charge in [-0.25, -0.2) is 0 Å². The van der Waals surface area contributed by atoms with Crippen LogP contribution in [0.4, 0.5) is 0 Å². The smallest absolute Gasteiger partial charge is 0.0483 e. The summed E-state index contributed by atoms with van der Waals surface area (Å²) in [6, 6.07) is 17.5. The number of aryl methyl sites for hydroxylation is 1. The van der Waals surface area contributed by atoms with Crippen LogP contribution in [0.25, 0.3) is 0 Å². The highest BCUT2D eigenvalue weighted by atomic mass is 35.5. The summed E-state index contributed by atoms with van der Waals surface area (Å²) >= 11 is 6.55. The Bertz CT molecular complexity index is 608. The van der Waals surface area contributed by atoms with E-state index in [4.69, 9.17) is 11.6 Å². The van der Waals surface area contributed by atoms with E-state index in [9.17, 15) is 0 Å². The first-order valence-electron chi connectivity index (χ1n) is 7.75. The summed E-state index contributed by atoms with van der Waals surface area (Å²) in [5, 5.41) is 4.56. The van der Waals surface area contributed by atoms with Gasteiger partial charge in [0.05, 0.1) is 0 Å². The molecule has 2 heteroatoms. The quantitative estimate of drug-likeness (QED) is 0.809. The zero-order valence-electron chi connectivity index (χ0n) is 12.6. The van der Waals surface area contributed by atoms with Gasteiger partial charge in [-0.15, -0.1) is 0 Å². The Kier molecular flexibility index (Phi) is 4.32. The Balaban J connectivity index is 1.85. The minimum absolute atomic E-state index is 0.354. The van der Waals surface area contributed by atoms with Crippen molar-refractivity contribution in [1.82, 2.24) is 5.32 Å². The SMILES string of the molecule is CCNC(c1cccc(C)c1Cl)C1CC1c1ccccc1. The molecule has 0 heterocycles. The minimum Gasteiger partial charge on any atom is -0.310 e. The van der Waals surface area contributed by atoms with Crippen molar-refractivity contribution in [3.05, 3.63) is 70.2 Å². The molecule has 0 aliphatic heterocycles.